The highest BCUT2D eigenvalue weighted by Gasteiger charge is 2.28. The molecule has 2 fully saturated rings. The van der Waals surface area contributed by atoms with Crippen molar-refractivity contribution in [2.45, 2.75) is 32.2 Å². The van der Waals surface area contributed by atoms with Gasteiger partial charge < -0.3 is 25.2 Å². The Kier molecular flexibility index (Phi) is 10.2. The topological polar surface area (TPSA) is 132 Å². The summed E-state index contributed by atoms with van der Waals surface area (Å²) in [5.74, 6) is 1.48. The van der Waals surface area contributed by atoms with Gasteiger partial charge in [-0.1, -0.05) is 6.92 Å². The van der Waals surface area contributed by atoms with Gasteiger partial charge in [-0.3, -0.25) is 19.2 Å². The maximum absolute atomic E-state index is 12.6. The number of likely N-dealkylation sites (tertiary alicyclic amines) is 1. The monoisotopic (exact) mass is 738 g/mol. The molecule has 0 spiro atoms. The maximum atomic E-state index is 12.6. The molecule has 2 aromatic heterocycles. The van der Waals surface area contributed by atoms with E-state index in [4.69, 9.17) is 9.72 Å². The molecule has 2 saturated heterocycles. The fourth-order valence-electron chi connectivity index (χ4n) is 6.52. The van der Waals surface area contributed by atoms with Gasteiger partial charge >= 0.3 is 0 Å². The molecule has 0 amide bonds. The zero-order chi connectivity index (χ0) is 34.0. The lowest BCUT2D eigenvalue weighted by atomic mass is 10.0. The van der Waals surface area contributed by atoms with Gasteiger partial charge in [-0.2, -0.15) is 4.98 Å². The van der Waals surface area contributed by atoms with Crippen LogP contribution in [0.3, 0.4) is 0 Å². The molecule has 2 aromatic carbocycles. The quantitative estimate of drug-likeness (QED) is 0.231. The molecular formula is C33H43BrN10O3S. The number of aryl methyl sites for hydroxylation is 1. The fraction of sp³-hybridized carbons (Fsp3) is 0.455. The summed E-state index contributed by atoms with van der Waals surface area (Å²) in [6, 6.07) is 8.47. The SMILES string of the molecule is CCc1cc(Nc2ncc(Br)c(Nc3ccc4nccnc4c3N(C)S(C)(=O)=O)n2)c(OC)cc1N1CCN(C2CCN(C)CC2)CC1. The fourth-order valence-corrected chi connectivity index (χ4v) is 7.32. The van der Waals surface area contributed by atoms with Gasteiger partial charge in [0.2, 0.25) is 16.0 Å². The van der Waals surface area contributed by atoms with Gasteiger partial charge in [0.25, 0.3) is 0 Å². The van der Waals surface area contributed by atoms with Crippen molar-refractivity contribution in [1.29, 1.82) is 0 Å². The molecule has 0 aliphatic carbocycles. The Hall–Kier alpha value is -3.79. The van der Waals surface area contributed by atoms with Gasteiger partial charge in [-0.25, -0.2) is 13.4 Å². The summed E-state index contributed by atoms with van der Waals surface area (Å²) in [7, 11) is 1.77. The number of hydrogen-bond donors (Lipinski definition) is 2. The van der Waals surface area contributed by atoms with E-state index in [9.17, 15) is 8.42 Å². The summed E-state index contributed by atoms with van der Waals surface area (Å²) in [4.78, 5) is 25.6. The summed E-state index contributed by atoms with van der Waals surface area (Å²) < 4.78 is 32.9. The van der Waals surface area contributed by atoms with Gasteiger partial charge in [-0.05, 0) is 79.1 Å². The Bertz CT molecular complexity index is 1880. The van der Waals surface area contributed by atoms with E-state index in [2.05, 4.69) is 82.3 Å². The Morgan fingerprint density at radius 3 is 2.42 bits per heavy atom. The third-order valence-electron chi connectivity index (χ3n) is 9.31. The van der Waals surface area contributed by atoms with Crippen LogP contribution in [0.15, 0.2) is 47.3 Å². The van der Waals surface area contributed by atoms with Crippen LogP contribution in [0.5, 0.6) is 5.75 Å². The van der Waals surface area contributed by atoms with E-state index in [1.807, 2.05) is 0 Å². The molecule has 13 nitrogen and oxygen atoms in total. The summed E-state index contributed by atoms with van der Waals surface area (Å²) in [6.45, 7) is 8.61. The van der Waals surface area contributed by atoms with Crippen molar-refractivity contribution >= 4 is 71.5 Å². The lowest BCUT2D eigenvalue weighted by Crippen LogP contribution is -2.53. The van der Waals surface area contributed by atoms with Crippen molar-refractivity contribution in [1.82, 2.24) is 29.7 Å². The number of benzene rings is 2. The lowest BCUT2D eigenvalue weighted by molar-refractivity contribution is 0.115. The summed E-state index contributed by atoms with van der Waals surface area (Å²) >= 11 is 3.55. The number of ether oxygens (including phenoxy) is 1. The van der Waals surface area contributed by atoms with Crippen molar-refractivity contribution in [3.05, 3.63) is 52.9 Å². The predicted molar refractivity (Wildman–Crippen MR) is 196 cm³/mol. The second-order valence-corrected chi connectivity index (χ2v) is 15.2. The minimum Gasteiger partial charge on any atom is -0.494 e. The Balaban J connectivity index is 1.24. The van der Waals surface area contributed by atoms with Crippen LogP contribution in [0.4, 0.5) is 34.5 Å². The van der Waals surface area contributed by atoms with Crippen LogP contribution in [-0.4, -0.2) is 111 Å². The zero-order valence-corrected chi connectivity index (χ0v) is 30.5. The van der Waals surface area contributed by atoms with Crippen LogP contribution in [0.1, 0.15) is 25.3 Å². The van der Waals surface area contributed by atoms with Crippen molar-refractivity contribution in [2.24, 2.45) is 0 Å². The number of anilines is 6. The Morgan fingerprint density at radius 1 is 1.00 bits per heavy atom. The number of rotatable bonds is 10. The first-order valence-corrected chi connectivity index (χ1v) is 18.8. The first-order chi connectivity index (χ1) is 23.0. The van der Waals surface area contributed by atoms with E-state index in [1.54, 1.807) is 31.6 Å². The molecule has 0 unspecified atom stereocenters. The van der Waals surface area contributed by atoms with Crippen LogP contribution in [0.2, 0.25) is 0 Å². The molecule has 0 bridgehead atoms. The second-order valence-electron chi connectivity index (χ2n) is 12.3. The van der Waals surface area contributed by atoms with Crippen LogP contribution in [-0.2, 0) is 16.4 Å². The molecule has 48 heavy (non-hydrogen) atoms. The van der Waals surface area contributed by atoms with E-state index in [0.717, 1.165) is 44.5 Å². The lowest BCUT2D eigenvalue weighted by Gasteiger charge is -2.43. The minimum absolute atomic E-state index is 0.346. The highest BCUT2D eigenvalue weighted by Crippen LogP contribution is 2.38. The van der Waals surface area contributed by atoms with Crippen molar-refractivity contribution in [3.8, 4) is 5.75 Å². The number of fused-ring (bicyclic) bond motifs is 1. The van der Waals surface area contributed by atoms with E-state index in [0.29, 0.717) is 50.4 Å². The standard InChI is InChI=1S/C33H43BrN10O3S/c1-6-22-19-27(29(47-4)20-28(22)44-17-15-43(16-18-44)23-9-13-41(2)14-10-23)39-33-37-21-24(34)32(40-33)38-26-8-7-25-30(36-12-11-35-25)31(26)42(3)48(5,45)46/h7-8,11-12,19-21,23H,6,9-10,13-18H2,1-5H3,(H2,37,38,39,40). The van der Waals surface area contributed by atoms with E-state index in [1.165, 1.54) is 54.7 Å². The largest absolute Gasteiger partial charge is 0.494 e. The normalized spacial score (nSPS) is 16.7. The van der Waals surface area contributed by atoms with Crippen molar-refractivity contribution in [2.75, 3.05) is 86.6 Å². The number of nitrogens with zero attached hydrogens (tertiary/aromatic N) is 8. The molecule has 4 heterocycles. The molecule has 4 aromatic rings. The molecule has 2 aliphatic rings. The molecule has 2 aliphatic heterocycles. The molecule has 15 heteroatoms. The summed E-state index contributed by atoms with van der Waals surface area (Å²) in [6.07, 6.45) is 9.25. The van der Waals surface area contributed by atoms with Gasteiger partial charge in [0.15, 0.2) is 0 Å². The third-order valence-corrected chi connectivity index (χ3v) is 11.1. The van der Waals surface area contributed by atoms with E-state index >= 15 is 0 Å². The Labute approximate surface area is 290 Å². The van der Waals surface area contributed by atoms with E-state index < -0.39 is 10.0 Å². The number of piperidine rings is 1. The van der Waals surface area contributed by atoms with Gasteiger partial charge in [0, 0.05) is 69.6 Å². The highest BCUT2D eigenvalue weighted by molar-refractivity contribution is 9.10. The van der Waals surface area contributed by atoms with Crippen LogP contribution in [0.25, 0.3) is 11.0 Å². The highest BCUT2D eigenvalue weighted by atomic mass is 79.9. The number of hydrogen-bond acceptors (Lipinski definition) is 12. The number of methoxy groups -OCH3 is 1. The smallest absolute Gasteiger partial charge is 0.232 e. The number of sulfonamides is 1. The third kappa shape index (κ3) is 7.28. The molecule has 6 rings (SSSR count). The maximum Gasteiger partial charge on any atom is 0.232 e. The minimum atomic E-state index is -3.61. The zero-order valence-electron chi connectivity index (χ0n) is 28.1. The molecular weight excluding hydrogens is 696 g/mol. The van der Waals surface area contributed by atoms with Crippen molar-refractivity contribution < 1.29 is 13.2 Å². The molecule has 2 N–H and O–H groups in total. The number of piperazine rings is 1. The van der Waals surface area contributed by atoms with E-state index in [-0.39, 0.29) is 0 Å². The first-order valence-electron chi connectivity index (χ1n) is 16.2. The van der Waals surface area contributed by atoms with Gasteiger partial charge in [0.05, 0.1) is 34.7 Å². The molecule has 0 radical (unpaired) electrons. The average Bonchev–Trinajstić information content (AvgIpc) is 3.09. The molecule has 0 atom stereocenters. The van der Waals surface area contributed by atoms with Gasteiger partial charge in [-0.15, -0.1) is 0 Å². The predicted octanol–water partition coefficient (Wildman–Crippen LogP) is 4.85. The number of aromatic nitrogens is 4. The van der Waals surface area contributed by atoms with Crippen molar-refractivity contribution in [3.63, 3.8) is 0 Å². The van der Waals surface area contributed by atoms with Gasteiger partial charge in [0.1, 0.15) is 22.8 Å². The molecule has 0 saturated carbocycles. The van der Waals surface area contributed by atoms with Crippen LogP contribution in [0, 0.1) is 0 Å². The van der Waals surface area contributed by atoms with Crippen LogP contribution < -0.4 is 24.6 Å². The Morgan fingerprint density at radius 2 is 1.73 bits per heavy atom. The number of nitrogens with one attached hydrogen (secondary N) is 2. The first kappa shape index (κ1) is 34.1. The number of halogens is 1. The summed E-state index contributed by atoms with van der Waals surface area (Å²) in [5, 5.41) is 6.65. The average molecular weight is 740 g/mol. The molecule has 256 valence electrons. The van der Waals surface area contributed by atoms with Crippen LogP contribution >= 0.6 is 15.9 Å². The summed E-state index contributed by atoms with van der Waals surface area (Å²) in [5.41, 5.74) is 5.04. The second kappa shape index (κ2) is 14.4.